The van der Waals surface area contributed by atoms with Crippen LogP contribution in [0.25, 0.3) is 0 Å². The maximum atomic E-state index is 14.2. The topological polar surface area (TPSA) is 276 Å². The lowest BCUT2D eigenvalue weighted by Crippen LogP contribution is -2.60. The number of ether oxygens (including phenoxy) is 1. The quantitative estimate of drug-likeness (QED) is 0.0757. The number of phenols is 1. The van der Waals surface area contributed by atoms with Crippen molar-refractivity contribution in [2.75, 3.05) is 6.54 Å². The number of nitrogens with zero attached hydrogens (tertiary/aromatic N) is 1. The van der Waals surface area contributed by atoms with Crippen molar-refractivity contribution in [1.82, 2.24) is 31.5 Å². The highest BCUT2D eigenvalue weighted by Crippen LogP contribution is 2.21. The molecule has 2 heterocycles. The molecule has 3 rings (SSSR count). The van der Waals surface area contributed by atoms with E-state index in [2.05, 4.69) is 39.6 Å². The second kappa shape index (κ2) is 26.2. The van der Waals surface area contributed by atoms with E-state index in [9.17, 15) is 48.6 Å². The number of phenolic OH excluding ortho intramolecular Hbond substituents is 1. The average Bonchev–Trinajstić information content (AvgIpc) is 3.72. The number of fused-ring (bicyclic) bond motifs is 1. The van der Waals surface area contributed by atoms with E-state index in [0.29, 0.717) is 24.8 Å². The van der Waals surface area contributed by atoms with Crippen molar-refractivity contribution in [2.24, 2.45) is 11.7 Å². The SMILES string of the molecule is CCCCC/C=C/CC[C@H]1CCCC(=O)N[C@@H]([C@H](C)O)C(=O)N[C@@H](C)C(=O)N2CCC[C@H]2C(=O)N[C@@H](CCC(N)=O)C(=O)N[C@H](Cc2ccc(O)cc2)C(=O)N[C@@H](C(C)C)C(=O)O1. The van der Waals surface area contributed by atoms with Gasteiger partial charge in [0.15, 0.2) is 0 Å². The lowest BCUT2D eigenvalue weighted by Gasteiger charge is -2.30. The van der Waals surface area contributed by atoms with Gasteiger partial charge < -0.3 is 52.2 Å². The van der Waals surface area contributed by atoms with Gasteiger partial charge in [0.2, 0.25) is 41.4 Å². The summed E-state index contributed by atoms with van der Waals surface area (Å²) < 4.78 is 6.03. The number of carbonyl (C=O) groups is 8. The fourth-order valence-electron chi connectivity index (χ4n) is 7.51. The van der Waals surface area contributed by atoms with Crippen LogP contribution in [0.5, 0.6) is 5.75 Å². The first-order valence-electron chi connectivity index (χ1n) is 22.3. The van der Waals surface area contributed by atoms with Gasteiger partial charge in [0, 0.05) is 25.8 Å². The van der Waals surface area contributed by atoms with Crippen molar-refractivity contribution in [3.8, 4) is 5.75 Å². The minimum absolute atomic E-state index is 0.0277. The van der Waals surface area contributed by atoms with Crippen molar-refractivity contribution in [3.63, 3.8) is 0 Å². The Bertz CT molecular complexity index is 1750. The number of allylic oxidation sites excluding steroid dienone is 2. The van der Waals surface area contributed by atoms with Gasteiger partial charge in [-0.25, -0.2) is 4.79 Å². The van der Waals surface area contributed by atoms with Gasteiger partial charge in [-0.15, -0.1) is 0 Å². The molecule has 9 N–H and O–H groups in total. The van der Waals surface area contributed by atoms with Crippen LogP contribution in [0, 0.1) is 5.92 Å². The van der Waals surface area contributed by atoms with E-state index in [-0.39, 0.29) is 57.2 Å². The number of benzene rings is 1. The molecule has 2 aliphatic heterocycles. The van der Waals surface area contributed by atoms with E-state index < -0.39 is 102 Å². The predicted molar refractivity (Wildman–Crippen MR) is 233 cm³/mol. The summed E-state index contributed by atoms with van der Waals surface area (Å²) >= 11 is 0. The summed E-state index contributed by atoms with van der Waals surface area (Å²) in [5.41, 5.74) is 5.97. The number of primary amides is 1. The Morgan fingerprint density at radius 1 is 0.825 bits per heavy atom. The van der Waals surface area contributed by atoms with Gasteiger partial charge in [-0.1, -0.05) is 57.9 Å². The Hall–Kier alpha value is -5.52. The molecule has 2 aliphatic rings. The molecule has 63 heavy (non-hydrogen) atoms. The van der Waals surface area contributed by atoms with Gasteiger partial charge in [0.05, 0.1) is 6.10 Å². The van der Waals surface area contributed by atoms with Gasteiger partial charge in [-0.3, -0.25) is 33.6 Å². The second-order valence-electron chi connectivity index (χ2n) is 16.9. The van der Waals surface area contributed by atoms with Crippen LogP contribution in [0.4, 0.5) is 0 Å². The summed E-state index contributed by atoms with van der Waals surface area (Å²) in [7, 11) is 0. The van der Waals surface area contributed by atoms with Crippen LogP contribution in [0.1, 0.15) is 124 Å². The van der Waals surface area contributed by atoms with Crippen LogP contribution in [-0.2, 0) is 49.5 Å². The number of carbonyl (C=O) groups excluding carboxylic acids is 8. The minimum Gasteiger partial charge on any atom is -0.508 e. The van der Waals surface area contributed by atoms with Crippen molar-refractivity contribution in [1.29, 1.82) is 0 Å². The van der Waals surface area contributed by atoms with Crippen molar-refractivity contribution in [3.05, 3.63) is 42.0 Å². The van der Waals surface area contributed by atoms with Gasteiger partial charge in [-0.2, -0.15) is 0 Å². The summed E-state index contributed by atoms with van der Waals surface area (Å²) in [4.78, 5) is 110. The first-order valence-corrected chi connectivity index (χ1v) is 22.3. The van der Waals surface area contributed by atoms with E-state index in [1.807, 2.05) is 6.08 Å². The summed E-state index contributed by atoms with van der Waals surface area (Å²) in [6.07, 6.45) is 7.58. The van der Waals surface area contributed by atoms with E-state index in [1.165, 1.54) is 30.9 Å². The van der Waals surface area contributed by atoms with Crippen LogP contribution in [0.3, 0.4) is 0 Å². The van der Waals surface area contributed by atoms with E-state index in [4.69, 9.17) is 10.5 Å². The van der Waals surface area contributed by atoms with E-state index in [0.717, 1.165) is 25.7 Å². The van der Waals surface area contributed by atoms with Crippen LogP contribution in [-0.4, -0.2) is 117 Å². The van der Waals surface area contributed by atoms with Gasteiger partial charge in [-0.05, 0) is 95.2 Å². The number of aromatic hydroxyl groups is 1. The average molecular weight is 884 g/mol. The fourth-order valence-corrected chi connectivity index (χ4v) is 7.51. The number of aliphatic hydroxyl groups is 1. The van der Waals surface area contributed by atoms with Crippen LogP contribution in [0.2, 0.25) is 0 Å². The monoisotopic (exact) mass is 884 g/mol. The molecule has 1 aromatic rings. The van der Waals surface area contributed by atoms with Crippen molar-refractivity contribution < 1.29 is 53.3 Å². The molecule has 2 fully saturated rings. The number of nitrogens with two attached hydrogens (primary N) is 1. The van der Waals surface area contributed by atoms with Crippen molar-refractivity contribution >= 4 is 47.3 Å². The molecule has 0 bridgehead atoms. The molecule has 0 radical (unpaired) electrons. The predicted octanol–water partition coefficient (Wildman–Crippen LogP) is 1.68. The summed E-state index contributed by atoms with van der Waals surface area (Å²) in [6, 6.07) is -1.64. The molecule has 350 valence electrons. The second-order valence-corrected chi connectivity index (χ2v) is 16.9. The van der Waals surface area contributed by atoms with Crippen LogP contribution in [0.15, 0.2) is 36.4 Å². The molecule has 2 saturated heterocycles. The highest BCUT2D eigenvalue weighted by Gasteiger charge is 2.39. The zero-order valence-electron chi connectivity index (χ0n) is 37.4. The Morgan fingerprint density at radius 3 is 2.14 bits per heavy atom. The Labute approximate surface area is 370 Å². The number of hydrogen-bond donors (Lipinski definition) is 8. The highest BCUT2D eigenvalue weighted by molar-refractivity contribution is 5.97. The molecule has 7 amide bonds. The van der Waals surface area contributed by atoms with Gasteiger partial charge >= 0.3 is 5.97 Å². The molecule has 0 aliphatic carbocycles. The van der Waals surface area contributed by atoms with E-state index >= 15 is 0 Å². The zero-order valence-corrected chi connectivity index (χ0v) is 37.4. The number of unbranched alkanes of at least 4 members (excludes halogenated alkanes) is 3. The Balaban J connectivity index is 2.02. The molecule has 18 heteroatoms. The normalized spacial score (nSPS) is 25.9. The standard InChI is InChI=1S/C45H69N7O11/c1-6-7-8-9-10-11-12-15-32-16-13-18-37(56)50-39(29(5)53)43(60)47-28(4)44(61)52-25-14-17-35(52)42(59)48-33(23-24-36(46)55)40(57)49-34(26-30-19-21-31(54)22-20-30)41(58)51-38(27(2)3)45(62)63-32/h10-11,19-22,27-29,32-35,38-39,53-54H,6-9,12-18,23-26H2,1-5H3,(H2,46,55)(H,47,60)(H,48,59)(H,49,57)(H,50,56)(H,51,58)/b11-10+/t28-,29-,32-,33-,34+,35-,38-,39-/m0/s1. The number of amides is 7. The van der Waals surface area contributed by atoms with Gasteiger partial charge in [0.1, 0.15) is 48.1 Å². The number of cyclic esters (lactones) is 1. The summed E-state index contributed by atoms with van der Waals surface area (Å²) in [5, 5.41) is 33.5. The number of esters is 1. The largest absolute Gasteiger partial charge is 0.508 e. The van der Waals surface area contributed by atoms with Gasteiger partial charge in [0.25, 0.3) is 0 Å². The summed E-state index contributed by atoms with van der Waals surface area (Å²) in [6.45, 7) is 8.44. The zero-order chi connectivity index (χ0) is 46.6. The number of hydrogen-bond acceptors (Lipinski definition) is 11. The smallest absolute Gasteiger partial charge is 0.329 e. The number of rotatable bonds is 14. The minimum atomic E-state index is -1.42. The van der Waals surface area contributed by atoms with Crippen LogP contribution >= 0.6 is 0 Å². The summed E-state index contributed by atoms with van der Waals surface area (Å²) in [5.74, 6) is -6.31. The molecular formula is C45H69N7O11. The maximum Gasteiger partial charge on any atom is 0.329 e. The third-order valence-electron chi connectivity index (χ3n) is 11.2. The molecule has 0 spiro atoms. The number of aliphatic hydroxyl groups excluding tert-OH is 1. The van der Waals surface area contributed by atoms with E-state index in [1.54, 1.807) is 26.0 Å². The fraction of sp³-hybridized carbons (Fsp3) is 0.644. The number of nitrogens with one attached hydrogen (secondary N) is 5. The third kappa shape index (κ3) is 17.3. The Morgan fingerprint density at radius 2 is 1.49 bits per heavy atom. The molecular weight excluding hydrogens is 815 g/mol. The highest BCUT2D eigenvalue weighted by atomic mass is 16.5. The lowest BCUT2D eigenvalue weighted by atomic mass is 10.0. The first kappa shape index (κ1) is 51.8. The first-order chi connectivity index (χ1) is 29.9. The molecule has 0 aromatic heterocycles. The molecule has 0 unspecified atom stereocenters. The van der Waals surface area contributed by atoms with Crippen LogP contribution < -0.4 is 32.3 Å². The molecule has 18 nitrogen and oxygen atoms in total. The molecule has 1 aromatic carbocycles. The molecule has 8 atom stereocenters. The lowest BCUT2D eigenvalue weighted by molar-refractivity contribution is -0.155. The van der Waals surface area contributed by atoms with Crippen molar-refractivity contribution in [2.45, 2.75) is 173 Å². The maximum absolute atomic E-state index is 14.2. The third-order valence-corrected chi connectivity index (χ3v) is 11.2. The molecule has 0 saturated carbocycles. The Kier molecular flexibility index (Phi) is 21.5.